The van der Waals surface area contributed by atoms with Crippen LogP contribution in [0.5, 0.6) is 0 Å². The summed E-state index contributed by atoms with van der Waals surface area (Å²) < 4.78 is 1.91. The van der Waals surface area contributed by atoms with Gasteiger partial charge in [-0.1, -0.05) is 17.7 Å². The van der Waals surface area contributed by atoms with Crippen LogP contribution in [0.3, 0.4) is 0 Å². The summed E-state index contributed by atoms with van der Waals surface area (Å²) in [5.41, 5.74) is 4.61. The third kappa shape index (κ3) is 1.43. The minimum Gasteiger partial charge on any atom is -0.237 e. The third-order valence-corrected chi connectivity index (χ3v) is 2.46. The van der Waals surface area contributed by atoms with E-state index >= 15 is 0 Å². The van der Waals surface area contributed by atoms with Gasteiger partial charge in [-0.05, 0) is 32.9 Å². The first-order valence-corrected chi connectivity index (χ1v) is 4.69. The summed E-state index contributed by atoms with van der Waals surface area (Å²) in [5, 5.41) is 4.21. The molecule has 1 aromatic carbocycles. The molecule has 1 radical (unpaired) electrons. The zero-order valence-electron chi connectivity index (χ0n) is 8.70. The van der Waals surface area contributed by atoms with Gasteiger partial charge >= 0.3 is 0 Å². The SMILES string of the molecule is Cc1ccc(-n2n[c]c(C)c2C)cc1. The molecule has 0 saturated heterocycles. The van der Waals surface area contributed by atoms with E-state index in [1.807, 2.05) is 11.6 Å². The maximum atomic E-state index is 4.21. The van der Waals surface area contributed by atoms with Crippen molar-refractivity contribution in [1.29, 1.82) is 0 Å². The highest BCUT2D eigenvalue weighted by atomic mass is 15.3. The van der Waals surface area contributed by atoms with Gasteiger partial charge in [-0.25, -0.2) is 4.68 Å². The molecule has 0 amide bonds. The minimum absolute atomic E-state index is 1.09. The molecule has 1 aromatic heterocycles. The van der Waals surface area contributed by atoms with Crippen LogP contribution in [0.4, 0.5) is 0 Å². The molecule has 2 aromatic rings. The molecule has 0 unspecified atom stereocenters. The van der Waals surface area contributed by atoms with Crippen molar-refractivity contribution in [2.45, 2.75) is 20.8 Å². The van der Waals surface area contributed by atoms with Crippen LogP contribution < -0.4 is 0 Å². The Morgan fingerprint density at radius 1 is 1.07 bits per heavy atom. The van der Waals surface area contributed by atoms with Crippen LogP contribution in [0, 0.1) is 27.0 Å². The van der Waals surface area contributed by atoms with Gasteiger partial charge in [-0.15, -0.1) is 0 Å². The molecule has 0 aliphatic rings. The molecular weight excluding hydrogens is 172 g/mol. The van der Waals surface area contributed by atoms with E-state index in [1.165, 1.54) is 5.56 Å². The maximum absolute atomic E-state index is 4.21. The number of hydrogen-bond acceptors (Lipinski definition) is 1. The quantitative estimate of drug-likeness (QED) is 0.667. The van der Waals surface area contributed by atoms with Crippen molar-refractivity contribution in [3.8, 4) is 5.69 Å². The normalized spacial score (nSPS) is 10.5. The van der Waals surface area contributed by atoms with Gasteiger partial charge in [-0.3, -0.25) is 0 Å². The molecular formula is C12H13N2. The monoisotopic (exact) mass is 185 g/mol. The summed E-state index contributed by atoms with van der Waals surface area (Å²) in [6, 6.07) is 8.32. The number of rotatable bonds is 1. The predicted octanol–water partition coefficient (Wildman–Crippen LogP) is 2.60. The number of benzene rings is 1. The molecule has 0 aliphatic carbocycles. The molecule has 2 nitrogen and oxygen atoms in total. The molecule has 14 heavy (non-hydrogen) atoms. The Kier molecular flexibility index (Phi) is 2.12. The van der Waals surface area contributed by atoms with Crippen LogP contribution in [-0.4, -0.2) is 9.78 Å². The topological polar surface area (TPSA) is 17.8 Å². The minimum atomic E-state index is 1.09. The van der Waals surface area contributed by atoms with Gasteiger partial charge in [0, 0.05) is 11.3 Å². The van der Waals surface area contributed by atoms with Crippen LogP contribution in [0.2, 0.25) is 0 Å². The lowest BCUT2D eigenvalue weighted by Gasteiger charge is -2.04. The van der Waals surface area contributed by atoms with Crippen molar-refractivity contribution in [2.75, 3.05) is 0 Å². The number of hydrogen-bond donors (Lipinski definition) is 0. The van der Waals surface area contributed by atoms with Crippen molar-refractivity contribution < 1.29 is 0 Å². The average Bonchev–Trinajstić information content (AvgIpc) is 2.50. The Balaban J connectivity index is 2.49. The van der Waals surface area contributed by atoms with Gasteiger partial charge < -0.3 is 0 Å². The van der Waals surface area contributed by atoms with Crippen LogP contribution in [-0.2, 0) is 0 Å². The molecule has 2 rings (SSSR count). The fourth-order valence-corrected chi connectivity index (χ4v) is 1.38. The van der Waals surface area contributed by atoms with E-state index in [0.717, 1.165) is 16.9 Å². The Morgan fingerprint density at radius 3 is 2.21 bits per heavy atom. The zero-order valence-corrected chi connectivity index (χ0v) is 8.70. The van der Waals surface area contributed by atoms with Crippen LogP contribution in [0.25, 0.3) is 5.69 Å². The van der Waals surface area contributed by atoms with Crippen molar-refractivity contribution in [2.24, 2.45) is 0 Å². The van der Waals surface area contributed by atoms with Crippen molar-refractivity contribution >= 4 is 0 Å². The summed E-state index contributed by atoms with van der Waals surface area (Å²) >= 11 is 0. The van der Waals surface area contributed by atoms with E-state index in [-0.39, 0.29) is 0 Å². The van der Waals surface area contributed by atoms with Crippen molar-refractivity contribution in [3.63, 3.8) is 0 Å². The molecule has 0 atom stereocenters. The van der Waals surface area contributed by atoms with Gasteiger partial charge in [-0.2, -0.15) is 5.10 Å². The van der Waals surface area contributed by atoms with E-state index in [1.54, 1.807) is 0 Å². The number of nitrogens with zero attached hydrogens (tertiary/aromatic N) is 2. The van der Waals surface area contributed by atoms with Gasteiger partial charge in [0.1, 0.15) is 6.20 Å². The highest BCUT2D eigenvalue weighted by molar-refractivity contribution is 5.36. The Morgan fingerprint density at radius 2 is 1.71 bits per heavy atom. The fraction of sp³-hybridized carbons (Fsp3) is 0.250. The molecule has 71 valence electrons. The fourth-order valence-electron chi connectivity index (χ4n) is 1.38. The van der Waals surface area contributed by atoms with E-state index in [0.29, 0.717) is 0 Å². The predicted molar refractivity (Wildman–Crippen MR) is 56.6 cm³/mol. The second-order valence-electron chi connectivity index (χ2n) is 3.57. The summed E-state index contributed by atoms with van der Waals surface area (Å²) in [6.07, 6.45) is 2.96. The van der Waals surface area contributed by atoms with E-state index in [2.05, 4.69) is 49.4 Å². The maximum Gasteiger partial charge on any atom is 0.116 e. The second-order valence-corrected chi connectivity index (χ2v) is 3.57. The molecule has 2 heteroatoms. The largest absolute Gasteiger partial charge is 0.237 e. The molecule has 0 saturated carbocycles. The Labute approximate surface area is 84.2 Å². The summed E-state index contributed by atoms with van der Waals surface area (Å²) in [6.45, 7) is 6.16. The average molecular weight is 185 g/mol. The highest BCUT2D eigenvalue weighted by Crippen LogP contribution is 2.13. The lowest BCUT2D eigenvalue weighted by atomic mass is 10.2. The summed E-state index contributed by atoms with van der Waals surface area (Å²) in [4.78, 5) is 0. The first-order chi connectivity index (χ1) is 6.68. The number of aryl methyl sites for hydroxylation is 2. The van der Waals surface area contributed by atoms with Crippen molar-refractivity contribution in [1.82, 2.24) is 9.78 Å². The van der Waals surface area contributed by atoms with Crippen molar-refractivity contribution in [3.05, 3.63) is 47.3 Å². The van der Waals surface area contributed by atoms with E-state index in [9.17, 15) is 0 Å². The molecule has 0 spiro atoms. The first kappa shape index (κ1) is 9.00. The van der Waals surface area contributed by atoms with Gasteiger partial charge in [0.05, 0.1) is 5.69 Å². The van der Waals surface area contributed by atoms with Gasteiger partial charge in [0.2, 0.25) is 0 Å². The Hall–Kier alpha value is -1.57. The van der Waals surface area contributed by atoms with E-state index in [4.69, 9.17) is 0 Å². The van der Waals surface area contributed by atoms with Crippen LogP contribution >= 0.6 is 0 Å². The third-order valence-electron chi connectivity index (χ3n) is 2.46. The summed E-state index contributed by atoms with van der Waals surface area (Å²) in [7, 11) is 0. The molecule has 0 aliphatic heterocycles. The summed E-state index contributed by atoms with van der Waals surface area (Å²) in [5.74, 6) is 0. The molecule has 0 bridgehead atoms. The lowest BCUT2D eigenvalue weighted by molar-refractivity contribution is 0.843. The highest BCUT2D eigenvalue weighted by Gasteiger charge is 2.03. The smallest absolute Gasteiger partial charge is 0.116 e. The number of aromatic nitrogens is 2. The van der Waals surface area contributed by atoms with Crippen LogP contribution in [0.1, 0.15) is 16.8 Å². The molecule has 1 heterocycles. The zero-order chi connectivity index (χ0) is 10.1. The van der Waals surface area contributed by atoms with Crippen LogP contribution in [0.15, 0.2) is 24.3 Å². The molecule has 0 fully saturated rings. The lowest BCUT2D eigenvalue weighted by Crippen LogP contribution is -1.98. The Bertz CT molecular complexity index is 438. The van der Waals surface area contributed by atoms with Gasteiger partial charge in [0.25, 0.3) is 0 Å². The molecule has 0 N–H and O–H groups in total. The standard InChI is InChI=1S/C12H13N2/c1-9-4-6-12(7-5-9)14-11(3)10(2)8-13-14/h4-7H,1-3H3. The second kappa shape index (κ2) is 3.29. The van der Waals surface area contributed by atoms with Gasteiger partial charge in [0.15, 0.2) is 0 Å². The first-order valence-electron chi connectivity index (χ1n) is 4.69. The van der Waals surface area contributed by atoms with E-state index < -0.39 is 0 Å².